The Morgan fingerprint density at radius 3 is 2.46 bits per heavy atom. The van der Waals surface area contributed by atoms with E-state index in [4.69, 9.17) is 37.4 Å². The Labute approximate surface area is 250 Å². The van der Waals surface area contributed by atoms with Crippen LogP contribution in [0.1, 0.15) is 46.8 Å². The number of allylic oxidation sites excluding steroid dienone is 2. The molecule has 0 spiro atoms. The number of halogens is 3. The van der Waals surface area contributed by atoms with Crippen LogP contribution in [0.5, 0.6) is 11.5 Å². The van der Waals surface area contributed by atoms with Gasteiger partial charge in [-0.3, -0.25) is 4.79 Å². The van der Waals surface area contributed by atoms with Gasteiger partial charge in [-0.15, -0.1) is 0 Å². The van der Waals surface area contributed by atoms with Crippen LogP contribution in [-0.4, -0.2) is 25.5 Å². The Balaban J connectivity index is 1.60. The predicted molar refractivity (Wildman–Crippen MR) is 159 cm³/mol. The molecule has 3 aromatic rings. The van der Waals surface area contributed by atoms with Gasteiger partial charge in [-0.1, -0.05) is 53.5 Å². The maximum absolute atomic E-state index is 13.7. The van der Waals surface area contributed by atoms with Gasteiger partial charge in [0, 0.05) is 28.3 Å². The van der Waals surface area contributed by atoms with Crippen molar-refractivity contribution in [2.75, 3.05) is 13.7 Å². The summed E-state index contributed by atoms with van der Waals surface area (Å²) in [7, 11) is 1.34. The summed E-state index contributed by atoms with van der Waals surface area (Å²) in [6, 6.07) is 16.5. The molecule has 0 saturated carbocycles. The third-order valence-electron chi connectivity index (χ3n) is 6.69. The number of fused-ring (bicyclic) bond motifs is 2. The number of hydrogen-bond acceptors (Lipinski definition) is 6. The summed E-state index contributed by atoms with van der Waals surface area (Å²) in [6.07, 6.45) is 0. The molecule has 0 fully saturated rings. The second-order valence-corrected chi connectivity index (χ2v) is 11.0. The summed E-state index contributed by atoms with van der Waals surface area (Å²) < 4.78 is 18.1. The largest absolute Gasteiger partial charge is 0.490 e. The fraction of sp³-hybridized carbons (Fsp3) is 0.200. The van der Waals surface area contributed by atoms with Crippen LogP contribution in [-0.2, 0) is 16.1 Å². The number of hydrogen-bond donors (Lipinski definition) is 1. The lowest BCUT2D eigenvalue weighted by Crippen LogP contribution is -2.29. The zero-order valence-corrected chi connectivity index (χ0v) is 25.0. The molecule has 5 rings (SSSR count). The van der Waals surface area contributed by atoms with Crippen LogP contribution in [0.25, 0.3) is 5.70 Å². The zero-order chi connectivity index (χ0) is 27.8. The van der Waals surface area contributed by atoms with Gasteiger partial charge >= 0.3 is 5.97 Å². The van der Waals surface area contributed by atoms with E-state index >= 15 is 0 Å². The first-order chi connectivity index (χ1) is 18.7. The molecule has 1 N–H and O–H groups in total. The minimum absolute atomic E-state index is 0.125. The fourth-order valence-electron chi connectivity index (χ4n) is 4.99. The van der Waals surface area contributed by atoms with E-state index in [0.717, 1.165) is 20.3 Å². The molecule has 0 radical (unpaired) electrons. The number of benzene rings is 3. The van der Waals surface area contributed by atoms with Crippen LogP contribution < -0.4 is 14.8 Å². The molecule has 0 aromatic heterocycles. The van der Waals surface area contributed by atoms with Crippen LogP contribution in [0.15, 0.2) is 71.4 Å². The Hall–Kier alpha value is -3.01. The molecule has 9 heteroatoms. The minimum atomic E-state index is -0.662. The van der Waals surface area contributed by atoms with E-state index in [1.807, 2.05) is 50.2 Å². The van der Waals surface area contributed by atoms with Crippen molar-refractivity contribution in [1.29, 1.82) is 0 Å². The number of dihydropyridines is 1. The van der Waals surface area contributed by atoms with Crippen LogP contribution in [0.2, 0.25) is 10.0 Å². The number of methoxy groups -OCH3 is 1. The van der Waals surface area contributed by atoms with E-state index in [1.54, 1.807) is 18.2 Å². The second kappa shape index (κ2) is 11.2. The molecule has 0 saturated heterocycles. The molecule has 2 aliphatic rings. The number of rotatable bonds is 7. The summed E-state index contributed by atoms with van der Waals surface area (Å²) in [5, 5.41) is 4.22. The molecule has 1 aliphatic carbocycles. The van der Waals surface area contributed by atoms with Gasteiger partial charge in [0.05, 0.1) is 38.6 Å². The second-order valence-electron chi connectivity index (χ2n) is 9.05. The molecule has 0 unspecified atom stereocenters. The van der Waals surface area contributed by atoms with Crippen molar-refractivity contribution < 1.29 is 23.8 Å². The summed E-state index contributed by atoms with van der Waals surface area (Å²) >= 11 is 14.4. The highest BCUT2D eigenvalue weighted by Gasteiger charge is 2.43. The first kappa shape index (κ1) is 27.6. The van der Waals surface area contributed by atoms with Crippen molar-refractivity contribution in [3.05, 3.63) is 107 Å². The highest BCUT2D eigenvalue weighted by molar-refractivity contribution is 14.1. The van der Waals surface area contributed by atoms with Gasteiger partial charge in [0.15, 0.2) is 17.3 Å². The van der Waals surface area contributed by atoms with Crippen molar-refractivity contribution >= 4 is 63.2 Å². The first-order valence-electron chi connectivity index (χ1n) is 12.2. The highest BCUT2D eigenvalue weighted by atomic mass is 127. The average Bonchev–Trinajstić information content (AvgIpc) is 3.20. The Bertz CT molecular complexity index is 1580. The molecule has 6 nitrogen and oxygen atoms in total. The number of ether oxygens (including phenoxy) is 3. The van der Waals surface area contributed by atoms with E-state index in [9.17, 15) is 9.59 Å². The third-order valence-corrected chi connectivity index (χ3v) is 8.23. The lowest BCUT2D eigenvalue weighted by molar-refractivity contribution is -0.136. The lowest BCUT2D eigenvalue weighted by Gasteiger charge is -2.29. The Morgan fingerprint density at radius 2 is 1.77 bits per heavy atom. The normalized spacial score (nSPS) is 16.1. The molecule has 1 atom stereocenters. The quantitative estimate of drug-likeness (QED) is 0.209. The number of esters is 1. The lowest BCUT2D eigenvalue weighted by atomic mass is 9.79. The number of carbonyl (C=O) groups is 2. The monoisotopic (exact) mass is 675 g/mol. The van der Waals surface area contributed by atoms with E-state index in [0.29, 0.717) is 56.3 Å². The number of Topliss-reactive ketones (excluding diaryl/α,β-unsaturated/α-hetero) is 1. The van der Waals surface area contributed by atoms with Crippen molar-refractivity contribution in [3.63, 3.8) is 0 Å². The van der Waals surface area contributed by atoms with Crippen LogP contribution >= 0.6 is 45.8 Å². The molecule has 3 aromatic carbocycles. The maximum atomic E-state index is 13.7. The molecule has 39 heavy (non-hydrogen) atoms. The van der Waals surface area contributed by atoms with Gasteiger partial charge in [0.2, 0.25) is 0 Å². The van der Waals surface area contributed by atoms with Gasteiger partial charge < -0.3 is 19.5 Å². The fourth-order valence-corrected chi connectivity index (χ4v) is 6.09. The summed E-state index contributed by atoms with van der Waals surface area (Å²) in [4.78, 5) is 26.8. The van der Waals surface area contributed by atoms with Crippen molar-refractivity contribution in [1.82, 2.24) is 5.32 Å². The zero-order valence-electron chi connectivity index (χ0n) is 21.4. The van der Waals surface area contributed by atoms with Gasteiger partial charge in [0.1, 0.15) is 6.61 Å². The van der Waals surface area contributed by atoms with Gasteiger partial charge in [-0.05, 0) is 71.8 Å². The van der Waals surface area contributed by atoms with Crippen LogP contribution in [0.4, 0.5) is 0 Å². The molecule has 0 amide bonds. The highest BCUT2D eigenvalue weighted by Crippen LogP contribution is 2.48. The van der Waals surface area contributed by atoms with Crippen molar-refractivity contribution in [2.45, 2.75) is 26.4 Å². The number of nitrogens with one attached hydrogen (secondary N) is 1. The first-order valence-corrected chi connectivity index (χ1v) is 14.1. The van der Waals surface area contributed by atoms with E-state index in [-0.39, 0.29) is 12.4 Å². The number of carbonyl (C=O) groups excluding carboxylic acids is 2. The Kier molecular flexibility index (Phi) is 7.94. The van der Waals surface area contributed by atoms with E-state index < -0.39 is 11.9 Å². The standard InChI is InChI=1S/C30H24Cl2INO5/c1-4-38-23-13-17(12-22(33)29(23)39-14-16-9-10-20(31)21(32)11-16)25-24(30(36)37-3)15(2)34-27-18-7-5-6-8-19(18)28(35)26(25)27/h5-13,25,34H,4,14H2,1-3H3/t25-/m0/s1. The van der Waals surface area contributed by atoms with E-state index in [1.165, 1.54) is 7.11 Å². The molecular formula is C30H24Cl2INO5. The van der Waals surface area contributed by atoms with Gasteiger partial charge in [0.25, 0.3) is 0 Å². The molecule has 200 valence electrons. The van der Waals surface area contributed by atoms with Gasteiger partial charge in [-0.25, -0.2) is 4.79 Å². The summed E-state index contributed by atoms with van der Waals surface area (Å²) in [5.74, 6) is -0.236. The molecule has 0 bridgehead atoms. The van der Waals surface area contributed by atoms with Crippen LogP contribution in [0.3, 0.4) is 0 Å². The minimum Gasteiger partial charge on any atom is -0.490 e. The van der Waals surface area contributed by atoms with Crippen molar-refractivity contribution in [3.8, 4) is 11.5 Å². The molecule has 1 heterocycles. The van der Waals surface area contributed by atoms with Crippen molar-refractivity contribution in [2.24, 2.45) is 0 Å². The molecular weight excluding hydrogens is 652 g/mol. The summed E-state index contributed by atoms with van der Waals surface area (Å²) in [6.45, 7) is 4.34. The SMILES string of the molecule is CCOc1cc([C@H]2C(C(=O)OC)=C(C)NC3=C2C(=O)c2ccccc23)cc(I)c1OCc1ccc(Cl)c(Cl)c1. The predicted octanol–water partition coefficient (Wildman–Crippen LogP) is 7.32. The third kappa shape index (κ3) is 5.03. The maximum Gasteiger partial charge on any atom is 0.336 e. The van der Waals surface area contributed by atoms with Crippen LogP contribution in [0, 0.1) is 3.57 Å². The Morgan fingerprint density at radius 1 is 1.03 bits per heavy atom. The average molecular weight is 676 g/mol. The summed E-state index contributed by atoms with van der Waals surface area (Å²) in [5.41, 5.74) is 5.19. The topological polar surface area (TPSA) is 73.9 Å². The van der Waals surface area contributed by atoms with E-state index in [2.05, 4.69) is 27.9 Å². The molecule has 1 aliphatic heterocycles. The van der Waals surface area contributed by atoms with Gasteiger partial charge in [-0.2, -0.15) is 0 Å². The smallest absolute Gasteiger partial charge is 0.336 e. The number of ketones is 1.